The maximum atomic E-state index is 16.1. The summed E-state index contributed by atoms with van der Waals surface area (Å²) in [6, 6.07) is 15.4. The van der Waals surface area contributed by atoms with Crippen molar-refractivity contribution in [3.63, 3.8) is 0 Å². The molecule has 4 heterocycles. The third-order valence-electron chi connectivity index (χ3n) is 7.51. The molecule has 1 aliphatic rings. The van der Waals surface area contributed by atoms with Gasteiger partial charge in [0.25, 0.3) is 0 Å². The molecule has 1 saturated heterocycles. The first-order valence-corrected chi connectivity index (χ1v) is 12.7. The highest BCUT2D eigenvalue weighted by Gasteiger charge is 2.31. The number of nitrogens with zero attached hydrogens (tertiary/aromatic N) is 5. The summed E-state index contributed by atoms with van der Waals surface area (Å²) >= 11 is 0. The molecule has 0 N–H and O–H groups in total. The van der Waals surface area contributed by atoms with Gasteiger partial charge in [-0.2, -0.15) is 0 Å². The Hall–Kier alpha value is -4.11. The lowest BCUT2D eigenvalue weighted by molar-refractivity contribution is 0.0553. The molecular weight excluding hydrogens is 485 g/mol. The van der Waals surface area contributed by atoms with E-state index in [1.54, 1.807) is 17.8 Å². The molecule has 38 heavy (non-hydrogen) atoms. The highest BCUT2D eigenvalue weighted by Crippen LogP contribution is 2.42. The first-order chi connectivity index (χ1) is 18.5. The number of methoxy groups -OCH3 is 1. The van der Waals surface area contributed by atoms with Gasteiger partial charge < -0.3 is 14.0 Å². The van der Waals surface area contributed by atoms with Crippen LogP contribution in [0.5, 0.6) is 0 Å². The Bertz CT molecular complexity index is 1630. The molecule has 1 atom stereocenters. The third kappa shape index (κ3) is 3.94. The van der Waals surface area contributed by atoms with E-state index in [4.69, 9.17) is 9.47 Å². The summed E-state index contributed by atoms with van der Waals surface area (Å²) in [5, 5.41) is 8.71. The average molecular weight is 514 g/mol. The molecule has 0 spiro atoms. The van der Waals surface area contributed by atoms with Crippen molar-refractivity contribution in [2.24, 2.45) is 13.0 Å². The van der Waals surface area contributed by atoms with Crippen molar-refractivity contribution in [3.05, 3.63) is 77.4 Å². The molecule has 1 aliphatic heterocycles. The standard InChI is InChI=1S/C29H28FN5O3/c1-17-27(34(2)33-32-17)20-13-22(30)25-23(14-20)35(24-15-21(29(36)37-3)16-31-26(24)25)28(18-7-5-4-6-8-18)19-9-11-38-12-10-19/h4-8,13-16,19,28H,9-12H2,1-3H3. The number of ether oxygens (including phenoxy) is 2. The fraction of sp³-hybridized carbons (Fsp3) is 0.310. The van der Waals surface area contributed by atoms with Gasteiger partial charge in [-0.25, -0.2) is 13.9 Å². The van der Waals surface area contributed by atoms with E-state index >= 15 is 4.39 Å². The van der Waals surface area contributed by atoms with Crippen LogP contribution in [0.1, 0.15) is 40.5 Å². The lowest BCUT2D eigenvalue weighted by Gasteiger charge is -2.33. The summed E-state index contributed by atoms with van der Waals surface area (Å²) in [7, 11) is 3.14. The van der Waals surface area contributed by atoms with Crippen molar-refractivity contribution in [3.8, 4) is 11.3 Å². The molecule has 5 aromatic rings. The van der Waals surface area contributed by atoms with Crippen LogP contribution in [-0.2, 0) is 16.5 Å². The van der Waals surface area contributed by atoms with Crippen LogP contribution in [0.15, 0.2) is 54.7 Å². The number of esters is 1. The van der Waals surface area contributed by atoms with E-state index in [9.17, 15) is 4.79 Å². The van der Waals surface area contributed by atoms with E-state index in [0.29, 0.717) is 52.0 Å². The first kappa shape index (κ1) is 24.2. The van der Waals surface area contributed by atoms with Crippen LogP contribution in [0, 0.1) is 18.7 Å². The van der Waals surface area contributed by atoms with Crippen molar-refractivity contribution >= 4 is 27.9 Å². The molecule has 6 rings (SSSR count). The Kier molecular flexibility index (Phi) is 6.15. The van der Waals surface area contributed by atoms with Gasteiger partial charge in [-0.15, -0.1) is 5.10 Å². The largest absolute Gasteiger partial charge is 0.465 e. The van der Waals surface area contributed by atoms with Gasteiger partial charge in [0.1, 0.15) is 5.82 Å². The second-order valence-corrected chi connectivity index (χ2v) is 9.76. The topological polar surface area (TPSA) is 84.1 Å². The van der Waals surface area contributed by atoms with Gasteiger partial charge in [0, 0.05) is 32.0 Å². The van der Waals surface area contributed by atoms with Crippen LogP contribution in [0.25, 0.3) is 33.2 Å². The Morgan fingerprint density at radius 3 is 2.58 bits per heavy atom. The molecule has 1 unspecified atom stereocenters. The van der Waals surface area contributed by atoms with Crippen molar-refractivity contribution < 1.29 is 18.7 Å². The minimum absolute atomic E-state index is 0.129. The number of aryl methyl sites for hydroxylation is 2. The number of carbonyl (C=O) groups excluding carboxylic acids is 1. The predicted octanol–water partition coefficient (Wildman–Crippen LogP) is 5.24. The monoisotopic (exact) mass is 513 g/mol. The highest BCUT2D eigenvalue weighted by molar-refractivity contribution is 6.09. The number of rotatable bonds is 5. The summed E-state index contributed by atoms with van der Waals surface area (Å²) in [6.45, 7) is 3.19. The Morgan fingerprint density at radius 1 is 1.13 bits per heavy atom. The Balaban J connectivity index is 1.72. The number of halogens is 1. The van der Waals surface area contributed by atoms with Crippen molar-refractivity contribution in [2.75, 3.05) is 20.3 Å². The summed E-state index contributed by atoms with van der Waals surface area (Å²) < 4.78 is 30.6. The highest BCUT2D eigenvalue weighted by atomic mass is 19.1. The number of hydrogen-bond donors (Lipinski definition) is 0. The second kappa shape index (κ2) is 9.64. The van der Waals surface area contributed by atoms with Crippen molar-refractivity contribution in [2.45, 2.75) is 25.8 Å². The molecule has 0 bridgehead atoms. The number of carbonyl (C=O) groups is 1. The Morgan fingerprint density at radius 2 is 1.89 bits per heavy atom. The average Bonchev–Trinajstić information content (AvgIpc) is 3.45. The molecule has 0 radical (unpaired) electrons. The fourth-order valence-electron chi connectivity index (χ4n) is 5.81. The van der Waals surface area contributed by atoms with E-state index in [1.165, 1.54) is 19.4 Å². The SMILES string of the molecule is COC(=O)c1cnc2c3c(F)cc(-c4c(C)nnn4C)cc3n(C(c3ccccc3)C3CCOCC3)c2c1. The van der Waals surface area contributed by atoms with Crippen LogP contribution in [0.4, 0.5) is 4.39 Å². The van der Waals surface area contributed by atoms with E-state index < -0.39 is 5.97 Å². The van der Waals surface area contributed by atoms with Crippen molar-refractivity contribution in [1.29, 1.82) is 0 Å². The van der Waals surface area contributed by atoms with Gasteiger partial charge in [0.2, 0.25) is 0 Å². The number of aromatic nitrogens is 5. The zero-order valence-corrected chi connectivity index (χ0v) is 21.5. The van der Waals surface area contributed by atoms with Gasteiger partial charge in [0.05, 0.1) is 52.0 Å². The van der Waals surface area contributed by atoms with Crippen LogP contribution in [0.3, 0.4) is 0 Å². The minimum atomic E-state index is -0.490. The fourth-order valence-corrected chi connectivity index (χ4v) is 5.81. The first-order valence-electron chi connectivity index (χ1n) is 12.7. The summed E-state index contributed by atoms with van der Waals surface area (Å²) in [5.74, 6) is -0.645. The molecule has 9 heteroatoms. The lowest BCUT2D eigenvalue weighted by Crippen LogP contribution is -2.27. The van der Waals surface area contributed by atoms with Crippen LogP contribution < -0.4 is 0 Å². The van der Waals surface area contributed by atoms with E-state index in [1.807, 2.05) is 31.2 Å². The summed E-state index contributed by atoms with van der Waals surface area (Å²) in [4.78, 5) is 17.1. The second-order valence-electron chi connectivity index (χ2n) is 9.76. The van der Waals surface area contributed by atoms with Crippen LogP contribution in [0.2, 0.25) is 0 Å². The number of hydrogen-bond acceptors (Lipinski definition) is 6. The smallest absolute Gasteiger partial charge is 0.339 e. The van der Waals surface area contributed by atoms with Gasteiger partial charge in [-0.3, -0.25) is 4.98 Å². The van der Waals surface area contributed by atoms with E-state index in [-0.39, 0.29) is 17.8 Å². The zero-order valence-electron chi connectivity index (χ0n) is 21.5. The van der Waals surface area contributed by atoms with Gasteiger partial charge in [-0.1, -0.05) is 35.5 Å². The summed E-state index contributed by atoms with van der Waals surface area (Å²) in [5.41, 5.74) is 5.43. The number of fused-ring (bicyclic) bond motifs is 3. The van der Waals surface area contributed by atoms with E-state index in [2.05, 4.69) is 32.0 Å². The molecule has 0 saturated carbocycles. The van der Waals surface area contributed by atoms with Crippen LogP contribution in [-0.4, -0.2) is 50.8 Å². The molecular formula is C29H28FN5O3. The molecule has 194 valence electrons. The van der Waals surface area contributed by atoms with Gasteiger partial charge in [0.15, 0.2) is 0 Å². The Labute approximate surface area is 219 Å². The van der Waals surface area contributed by atoms with Gasteiger partial charge >= 0.3 is 5.97 Å². The molecule has 3 aromatic heterocycles. The predicted molar refractivity (Wildman–Crippen MR) is 141 cm³/mol. The molecule has 0 amide bonds. The molecule has 2 aromatic carbocycles. The summed E-state index contributed by atoms with van der Waals surface area (Å²) in [6.07, 6.45) is 3.17. The number of pyridine rings is 1. The quantitative estimate of drug-likeness (QED) is 0.299. The third-order valence-corrected chi connectivity index (χ3v) is 7.51. The lowest BCUT2D eigenvalue weighted by atomic mass is 9.86. The van der Waals surface area contributed by atoms with Crippen molar-refractivity contribution in [1.82, 2.24) is 24.5 Å². The number of benzene rings is 2. The normalized spacial score (nSPS) is 15.3. The van der Waals surface area contributed by atoms with Gasteiger partial charge in [-0.05, 0) is 49.4 Å². The zero-order chi connectivity index (χ0) is 26.4. The maximum absolute atomic E-state index is 16.1. The minimum Gasteiger partial charge on any atom is -0.465 e. The molecule has 8 nitrogen and oxygen atoms in total. The maximum Gasteiger partial charge on any atom is 0.339 e. The van der Waals surface area contributed by atoms with E-state index in [0.717, 1.165) is 24.1 Å². The van der Waals surface area contributed by atoms with Crippen LogP contribution >= 0.6 is 0 Å². The molecule has 1 fully saturated rings. The molecule has 0 aliphatic carbocycles.